The van der Waals surface area contributed by atoms with Crippen molar-refractivity contribution >= 4 is 40.3 Å². The van der Waals surface area contributed by atoms with Crippen LogP contribution in [0.2, 0.25) is 5.02 Å². The molecule has 0 saturated heterocycles. The van der Waals surface area contributed by atoms with Gasteiger partial charge in [-0.05, 0) is 54.7 Å². The van der Waals surface area contributed by atoms with Crippen LogP contribution in [-0.4, -0.2) is 25.4 Å². The van der Waals surface area contributed by atoms with E-state index in [0.717, 1.165) is 64.2 Å². The molecule has 3 rings (SSSR count). The third kappa shape index (κ3) is 6.55. The first-order valence-corrected chi connectivity index (χ1v) is 12.5. The Hall–Kier alpha value is -2.44. The largest absolute Gasteiger partial charge is 0.493 e. The summed E-state index contributed by atoms with van der Waals surface area (Å²) in [5.74, 6) is 1.32. The molecule has 0 fully saturated rings. The first kappa shape index (κ1) is 25.2. The molecule has 3 aromatic rings. The molecule has 0 bridgehead atoms. The lowest BCUT2D eigenvalue weighted by molar-refractivity contribution is -0.139. The summed E-state index contributed by atoms with van der Waals surface area (Å²) < 4.78 is 16.4. The first-order chi connectivity index (χ1) is 16.0. The summed E-state index contributed by atoms with van der Waals surface area (Å²) >= 11 is 8.02. The van der Waals surface area contributed by atoms with Crippen molar-refractivity contribution in [2.24, 2.45) is 0 Å². The monoisotopic (exact) mass is 488 g/mol. The van der Waals surface area contributed by atoms with Crippen molar-refractivity contribution in [3.05, 3.63) is 68.5 Å². The average Bonchev–Trinajstić information content (AvgIpc) is 2.80. The van der Waals surface area contributed by atoms with E-state index < -0.39 is 0 Å². The second kappa shape index (κ2) is 12.1. The van der Waals surface area contributed by atoms with Crippen LogP contribution in [0.15, 0.2) is 50.5 Å². The van der Waals surface area contributed by atoms with Gasteiger partial charge in [0.05, 0.1) is 25.2 Å². The number of hydrogen-bond donors (Lipinski definition) is 0. The molecule has 0 spiro atoms. The highest BCUT2D eigenvalue weighted by atomic mass is 35.5. The van der Waals surface area contributed by atoms with E-state index >= 15 is 0 Å². The number of methoxy groups -OCH3 is 1. The number of esters is 1. The van der Waals surface area contributed by atoms with Crippen molar-refractivity contribution in [3.63, 3.8) is 0 Å². The number of carbonyl (C=O) groups is 1. The minimum absolute atomic E-state index is 0.209. The summed E-state index contributed by atoms with van der Waals surface area (Å²) in [5.41, 5.74) is 3.11. The van der Waals surface area contributed by atoms with Crippen LogP contribution in [0.25, 0.3) is 11.0 Å². The van der Waals surface area contributed by atoms with Gasteiger partial charge >= 0.3 is 11.6 Å². The standard InChI is InChI=1S/C26H29ClO5S/c1-4-7-20-22(10-9-19-18(5-2)16-25(29)32-26(19)20)31-12-6-13-33-23-11-8-17(14-21(23)27)15-24(28)30-3/h8-11,14,16H,4-7,12-13,15H2,1-3H3. The number of rotatable bonds is 11. The van der Waals surface area contributed by atoms with Gasteiger partial charge in [0.1, 0.15) is 11.3 Å². The van der Waals surface area contributed by atoms with E-state index in [1.807, 2.05) is 37.3 Å². The second-order valence-corrected chi connectivity index (χ2v) is 9.23. The highest BCUT2D eigenvalue weighted by Gasteiger charge is 2.14. The zero-order chi connectivity index (χ0) is 23.8. The number of benzene rings is 2. The Morgan fingerprint density at radius 2 is 1.97 bits per heavy atom. The van der Waals surface area contributed by atoms with Crippen LogP contribution in [0.4, 0.5) is 0 Å². The topological polar surface area (TPSA) is 65.7 Å². The maximum absolute atomic E-state index is 12.0. The summed E-state index contributed by atoms with van der Waals surface area (Å²) in [6, 6.07) is 11.2. The van der Waals surface area contributed by atoms with Gasteiger partial charge in [0.2, 0.25) is 0 Å². The molecule has 0 N–H and O–H groups in total. The van der Waals surface area contributed by atoms with Gasteiger partial charge in [0.15, 0.2) is 0 Å². The lowest BCUT2D eigenvalue weighted by Gasteiger charge is -2.14. The molecule has 0 saturated carbocycles. The van der Waals surface area contributed by atoms with Crippen LogP contribution in [0.1, 0.15) is 43.4 Å². The van der Waals surface area contributed by atoms with Gasteiger partial charge in [-0.2, -0.15) is 0 Å². The summed E-state index contributed by atoms with van der Waals surface area (Å²) in [6.07, 6.45) is 3.52. The lowest BCUT2D eigenvalue weighted by atomic mass is 10.0. The zero-order valence-electron chi connectivity index (χ0n) is 19.2. The van der Waals surface area contributed by atoms with Gasteiger partial charge in [-0.1, -0.05) is 37.9 Å². The summed E-state index contributed by atoms with van der Waals surface area (Å²) in [4.78, 5) is 24.4. The van der Waals surface area contributed by atoms with Crippen molar-refractivity contribution in [2.45, 2.75) is 50.8 Å². The molecule has 7 heteroatoms. The quantitative estimate of drug-likeness (QED) is 0.138. The summed E-state index contributed by atoms with van der Waals surface area (Å²) in [5, 5.41) is 1.61. The first-order valence-electron chi connectivity index (χ1n) is 11.2. The minimum atomic E-state index is -0.320. The van der Waals surface area contributed by atoms with E-state index in [2.05, 4.69) is 6.92 Å². The molecule has 0 amide bonds. The Morgan fingerprint density at radius 1 is 1.15 bits per heavy atom. The number of aryl methyl sites for hydroxylation is 2. The summed E-state index contributed by atoms with van der Waals surface area (Å²) in [7, 11) is 1.37. The SMILES string of the molecule is CCCc1c(OCCCSc2ccc(CC(=O)OC)cc2Cl)ccc2c(CC)cc(=O)oc12. The highest BCUT2D eigenvalue weighted by Crippen LogP contribution is 2.32. The van der Waals surface area contributed by atoms with Crippen LogP contribution in [0.5, 0.6) is 5.75 Å². The van der Waals surface area contributed by atoms with Gasteiger partial charge in [0.25, 0.3) is 0 Å². The molecular formula is C26H29ClO5S. The number of carbonyl (C=O) groups excluding carboxylic acids is 1. The number of halogens is 1. The van der Waals surface area contributed by atoms with E-state index in [0.29, 0.717) is 17.2 Å². The third-order valence-corrected chi connectivity index (χ3v) is 6.90. The Bertz CT molecular complexity index is 1170. The normalized spacial score (nSPS) is 11.0. The van der Waals surface area contributed by atoms with Crippen molar-refractivity contribution in [1.29, 1.82) is 0 Å². The summed E-state index contributed by atoms with van der Waals surface area (Å²) in [6.45, 7) is 4.68. The van der Waals surface area contributed by atoms with Gasteiger partial charge in [-0.25, -0.2) is 4.79 Å². The fourth-order valence-electron chi connectivity index (χ4n) is 3.68. The zero-order valence-corrected chi connectivity index (χ0v) is 20.8. The molecule has 1 heterocycles. The van der Waals surface area contributed by atoms with Crippen molar-refractivity contribution in [3.8, 4) is 5.75 Å². The molecule has 0 atom stereocenters. The molecule has 2 aromatic carbocycles. The molecule has 1 aromatic heterocycles. The smallest absolute Gasteiger partial charge is 0.336 e. The molecule has 0 aliphatic carbocycles. The fraction of sp³-hybridized carbons (Fsp3) is 0.385. The highest BCUT2D eigenvalue weighted by molar-refractivity contribution is 7.99. The Labute approximate surface area is 203 Å². The van der Waals surface area contributed by atoms with Gasteiger partial charge in [0, 0.05) is 27.7 Å². The Kier molecular flexibility index (Phi) is 9.27. The fourth-order valence-corrected chi connectivity index (χ4v) is 4.89. The molecule has 0 unspecified atom stereocenters. The third-order valence-electron chi connectivity index (χ3n) is 5.32. The molecule has 0 aliphatic rings. The molecule has 0 radical (unpaired) electrons. The van der Waals surface area contributed by atoms with E-state index in [9.17, 15) is 9.59 Å². The van der Waals surface area contributed by atoms with Gasteiger partial charge < -0.3 is 13.9 Å². The molecule has 33 heavy (non-hydrogen) atoms. The molecule has 0 aliphatic heterocycles. The Morgan fingerprint density at radius 3 is 2.67 bits per heavy atom. The van der Waals surface area contributed by atoms with Crippen LogP contribution in [0, 0.1) is 0 Å². The predicted molar refractivity (Wildman–Crippen MR) is 134 cm³/mol. The maximum Gasteiger partial charge on any atom is 0.336 e. The Balaban J connectivity index is 1.62. The molecular weight excluding hydrogens is 460 g/mol. The van der Waals surface area contributed by atoms with E-state index in [-0.39, 0.29) is 18.0 Å². The number of fused-ring (bicyclic) bond motifs is 1. The minimum Gasteiger partial charge on any atom is -0.493 e. The van der Waals surface area contributed by atoms with Crippen LogP contribution in [0.3, 0.4) is 0 Å². The lowest BCUT2D eigenvalue weighted by Crippen LogP contribution is -2.05. The van der Waals surface area contributed by atoms with E-state index in [4.69, 9.17) is 25.5 Å². The second-order valence-electron chi connectivity index (χ2n) is 7.68. The van der Waals surface area contributed by atoms with Gasteiger partial charge in [-0.3, -0.25) is 4.79 Å². The number of ether oxygens (including phenoxy) is 2. The van der Waals surface area contributed by atoms with Crippen LogP contribution in [-0.2, 0) is 28.8 Å². The number of thioether (sulfide) groups is 1. The van der Waals surface area contributed by atoms with Crippen molar-refractivity contribution in [1.82, 2.24) is 0 Å². The average molecular weight is 489 g/mol. The molecule has 176 valence electrons. The van der Waals surface area contributed by atoms with Crippen LogP contribution >= 0.6 is 23.4 Å². The maximum atomic E-state index is 12.0. The van der Waals surface area contributed by atoms with Gasteiger partial charge in [-0.15, -0.1) is 11.8 Å². The number of hydrogen-bond acceptors (Lipinski definition) is 6. The van der Waals surface area contributed by atoms with Crippen molar-refractivity contribution < 1.29 is 18.7 Å². The van der Waals surface area contributed by atoms with E-state index in [1.54, 1.807) is 17.8 Å². The van der Waals surface area contributed by atoms with E-state index in [1.165, 1.54) is 7.11 Å². The van der Waals surface area contributed by atoms with Crippen LogP contribution < -0.4 is 10.4 Å². The predicted octanol–water partition coefficient (Wildman–Crippen LogP) is 6.24. The van der Waals surface area contributed by atoms with Crippen molar-refractivity contribution in [2.75, 3.05) is 19.5 Å². The molecule has 5 nitrogen and oxygen atoms in total.